The van der Waals surface area contributed by atoms with E-state index >= 15 is 0 Å². The number of nitrogens with two attached hydrogens (primary N) is 1. The van der Waals surface area contributed by atoms with Crippen LogP contribution in [0.4, 0.5) is 0 Å². The maximum atomic E-state index is 12.9. The normalized spacial score (nSPS) is 17.0. The molecule has 0 radical (unpaired) electrons. The van der Waals surface area contributed by atoms with Crippen molar-refractivity contribution in [3.63, 3.8) is 0 Å². The Kier molecular flexibility index (Phi) is 6.98. The van der Waals surface area contributed by atoms with Gasteiger partial charge in [-0.15, -0.1) is 0 Å². The zero-order valence-corrected chi connectivity index (χ0v) is 18.0. The van der Waals surface area contributed by atoms with Crippen molar-refractivity contribution in [1.29, 1.82) is 0 Å². The number of esters is 1. The molecule has 156 valence electrons. The summed E-state index contributed by atoms with van der Waals surface area (Å²) in [5.74, 6) is -0.340. The van der Waals surface area contributed by atoms with Gasteiger partial charge in [0.15, 0.2) is 9.84 Å². The Labute approximate surface area is 177 Å². The van der Waals surface area contributed by atoms with Gasteiger partial charge in [0.1, 0.15) is 5.37 Å². The topological polar surface area (TPSA) is 86.5 Å². The van der Waals surface area contributed by atoms with E-state index in [4.69, 9.17) is 22.1 Å². The lowest BCUT2D eigenvalue weighted by Crippen LogP contribution is -2.38. The van der Waals surface area contributed by atoms with E-state index in [1.54, 1.807) is 19.1 Å². The summed E-state index contributed by atoms with van der Waals surface area (Å²) in [6, 6.07) is 12.3. The largest absolute Gasteiger partial charge is 0.466 e. The first kappa shape index (κ1) is 21.8. The molecule has 0 amide bonds. The lowest BCUT2D eigenvalue weighted by atomic mass is 10.0. The minimum absolute atomic E-state index is 0.166. The van der Waals surface area contributed by atoms with Crippen LogP contribution in [0.1, 0.15) is 36.5 Å². The van der Waals surface area contributed by atoms with Gasteiger partial charge in [-0.2, -0.15) is 0 Å². The Morgan fingerprint density at radius 1 is 1.17 bits per heavy atom. The highest BCUT2D eigenvalue weighted by atomic mass is 35.5. The summed E-state index contributed by atoms with van der Waals surface area (Å²) >= 11 is 5.86. The average Bonchev–Trinajstić information content (AvgIpc) is 3.11. The highest BCUT2D eigenvalue weighted by Crippen LogP contribution is 2.33. The van der Waals surface area contributed by atoms with Crippen LogP contribution in [0.5, 0.6) is 0 Å². The summed E-state index contributed by atoms with van der Waals surface area (Å²) in [5.41, 5.74) is 9.64. The molecular formula is C22H26ClNO4S. The van der Waals surface area contributed by atoms with Gasteiger partial charge in [0, 0.05) is 11.4 Å². The third-order valence-electron chi connectivity index (χ3n) is 5.35. The molecule has 2 aromatic carbocycles. The number of hydrogen-bond acceptors (Lipinski definition) is 5. The second-order valence-corrected chi connectivity index (χ2v) is 9.94. The number of benzene rings is 2. The molecule has 29 heavy (non-hydrogen) atoms. The van der Waals surface area contributed by atoms with Gasteiger partial charge in [0.05, 0.1) is 11.5 Å². The number of halogens is 1. The van der Waals surface area contributed by atoms with E-state index in [1.807, 2.05) is 6.07 Å². The van der Waals surface area contributed by atoms with Crippen LogP contribution in [-0.4, -0.2) is 26.4 Å². The van der Waals surface area contributed by atoms with E-state index in [0.717, 1.165) is 29.5 Å². The molecule has 2 unspecified atom stereocenters. The maximum Gasteiger partial charge on any atom is 0.305 e. The van der Waals surface area contributed by atoms with Crippen LogP contribution in [0.15, 0.2) is 47.4 Å². The predicted molar refractivity (Wildman–Crippen MR) is 114 cm³/mol. The van der Waals surface area contributed by atoms with Gasteiger partial charge in [0.2, 0.25) is 0 Å². The van der Waals surface area contributed by atoms with Crippen LogP contribution in [0, 0.1) is 5.92 Å². The Bertz CT molecular complexity index is 973. The first-order chi connectivity index (χ1) is 13.8. The molecule has 7 heteroatoms. The summed E-state index contributed by atoms with van der Waals surface area (Å²) in [4.78, 5) is 11.7. The lowest BCUT2D eigenvalue weighted by molar-refractivity contribution is -0.143. The summed E-state index contributed by atoms with van der Waals surface area (Å²) in [6.07, 6.45) is 3.19. The van der Waals surface area contributed by atoms with Gasteiger partial charge in [0.25, 0.3) is 0 Å². The molecular weight excluding hydrogens is 410 g/mol. The summed E-state index contributed by atoms with van der Waals surface area (Å²) in [5, 5.41) is -0.482. The van der Waals surface area contributed by atoms with E-state index in [9.17, 15) is 13.2 Å². The van der Waals surface area contributed by atoms with Crippen molar-refractivity contribution in [1.82, 2.24) is 0 Å². The second kappa shape index (κ2) is 9.28. The first-order valence-electron chi connectivity index (χ1n) is 9.82. The highest BCUT2D eigenvalue weighted by Gasteiger charge is 2.35. The molecule has 0 fully saturated rings. The van der Waals surface area contributed by atoms with Gasteiger partial charge in [-0.25, -0.2) is 8.42 Å². The van der Waals surface area contributed by atoms with Crippen LogP contribution in [0.2, 0.25) is 5.02 Å². The molecule has 2 aromatic rings. The van der Waals surface area contributed by atoms with Gasteiger partial charge in [-0.3, -0.25) is 4.79 Å². The molecule has 2 N–H and O–H groups in total. The smallest absolute Gasteiger partial charge is 0.305 e. The molecule has 1 aliphatic rings. The van der Waals surface area contributed by atoms with E-state index < -0.39 is 15.2 Å². The van der Waals surface area contributed by atoms with Gasteiger partial charge in [-0.1, -0.05) is 29.8 Å². The molecule has 3 rings (SSSR count). The van der Waals surface area contributed by atoms with Gasteiger partial charge in [-0.05, 0) is 79.5 Å². The number of rotatable bonds is 8. The number of aryl methyl sites for hydroxylation is 1. The molecule has 0 spiro atoms. The molecule has 0 bridgehead atoms. The van der Waals surface area contributed by atoms with Crippen molar-refractivity contribution >= 4 is 27.4 Å². The molecule has 0 aliphatic heterocycles. The van der Waals surface area contributed by atoms with E-state index in [1.165, 1.54) is 12.1 Å². The average molecular weight is 436 g/mol. The number of carbonyl (C=O) groups excluding carboxylic acids is 1. The van der Waals surface area contributed by atoms with Crippen LogP contribution in [0.25, 0.3) is 0 Å². The third kappa shape index (κ3) is 5.18. The Hall–Kier alpha value is -1.89. The number of carbonyl (C=O) groups is 1. The third-order valence-corrected chi connectivity index (χ3v) is 7.63. The summed E-state index contributed by atoms with van der Waals surface area (Å²) < 4.78 is 30.7. The van der Waals surface area contributed by atoms with Crippen molar-refractivity contribution in [2.24, 2.45) is 11.7 Å². The van der Waals surface area contributed by atoms with E-state index in [-0.39, 0.29) is 16.8 Å². The van der Waals surface area contributed by atoms with Crippen molar-refractivity contribution in [3.05, 3.63) is 64.2 Å². The zero-order valence-electron chi connectivity index (χ0n) is 16.4. The fraction of sp³-hybridized carbons (Fsp3) is 0.409. The summed E-state index contributed by atoms with van der Waals surface area (Å²) in [7, 11) is -3.63. The number of fused-ring (bicyclic) bond motifs is 1. The standard InChI is InChI=1S/C22H26ClNO4S/c1-2-28-21(25)5-3-4-15-6-7-16-13-18(14-17(16)12-15)22(24)29(26,27)20-10-8-19(23)9-11-20/h6-12,18,22H,2-5,13-14,24H2,1H3. The zero-order chi connectivity index (χ0) is 21.0. The van der Waals surface area contributed by atoms with Crippen molar-refractivity contribution in [3.8, 4) is 0 Å². The number of sulfone groups is 1. The van der Waals surface area contributed by atoms with E-state index in [2.05, 4.69) is 12.1 Å². The monoisotopic (exact) mass is 435 g/mol. The molecule has 0 saturated carbocycles. The maximum absolute atomic E-state index is 12.9. The molecule has 0 saturated heterocycles. The van der Waals surface area contributed by atoms with Crippen molar-refractivity contribution < 1.29 is 17.9 Å². The van der Waals surface area contributed by atoms with Crippen molar-refractivity contribution in [2.45, 2.75) is 49.3 Å². The number of ether oxygens (including phenoxy) is 1. The molecule has 0 aromatic heterocycles. The molecule has 1 aliphatic carbocycles. The Morgan fingerprint density at radius 3 is 2.55 bits per heavy atom. The van der Waals surface area contributed by atoms with Crippen LogP contribution < -0.4 is 5.73 Å². The minimum atomic E-state index is -3.63. The van der Waals surface area contributed by atoms with Crippen LogP contribution in [-0.2, 0) is 38.6 Å². The lowest BCUT2D eigenvalue weighted by Gasteiger charge is -2.19. The molecule has 5 nitrogen and oxygen atoms in total. The molecule has 2 atom stereocenters. The minimum Gasteiger partial charge on any atom is -0.466 e. The van der Waals surface area contributed by atoms with Crippen LogP contribution in [0.3, 0.4) is 0 Å². The Balaban J connectivity index is 1.64. The van der Waals surface area contributed by atoms with Gasteiger partial charge < -0.3 is 10.5 Å². The number of hydrogen-bond donors (Lipinski definition) is 1. The van der Waals surface area contributed by atoms with Gasteiger partial charge >= 0.3 is 5.97 Å². The highest BCUT2D eigenvalue weighted by molar-refractivity contribution is 7.92. The fourth-order valence-corrected chi connectivity index (χ4v) is 5.45. The Morgan fingerprint density at radius 2 is 1.86 bits per heavy atom. The summed E-state index contributed by atoms with van der Waals surface area (Å²) in [6.45, 7) is 2.20. The van der Waals surface area contributed by atoms with E-state index in [0.29, 0.717) is 30.9 Å². The van der Waals surface area contributed by atoms with Crippen LogP contribution >= 0.6 is 11.6 Å². The SMILES string of the molecule is CCOC(=O)CCCc1ccc2c(c1)CC(C(N)S(=O)(=O)c1ccc(Cl)cc1)C2. The van der Waals surface area contributed by atoms with Crippen molar-refractivity contribution in [2.75, 3.05) is 6.61 Å². The first-order valence-corrected chi connectivity index (χ1v) is 11.7. The second-order valence-electron chi connectivity index (χ2n) is 7.39. The molecule has 0 heterocycles. The quantitative estimate of drug-likeness (QED) is 0.639. The predicted octanol–water partition coefficient (Wildman–Crippen LogP) is 3.70. The fourth-order valence-electron chi connectivity index (χ4n) is 3.80.